The van der Waals surface area contributed by atoms with Crippen molar-refractivity contribution in [3.8, 4) is 0 Å². The van der Waals surface area contributed by atoms with E-state index in [4.69, 9.17) is 5.11 Å². The van der Waals surface area contributed by atoms with Gasteiger partial charge in [-0.2, -0.15) is 4.99 Å². The number of amidine groups is 1. The molecule has 25 heavy (non-hydrogen) atoms. The Kier molecular flexibility index (Phi) is 4.83. The number of nitrogens with zero attached hydrogens (tertiary/aromatic N) is 2. The molecule has 1 aromatic rings. The number of hydrogen-bond acceptors (Lipinski definition) is 5. The lowest BCUT2D eigenvalue weighted by atomic mass is 10.2. The van der Waals surface area contributed by atoms with Crippen molar-refractivity contribution in [3.05, 3.63) is 30.1 Å². The summed E-state index contributed by atoms with van der Waals surface area (Å²) in [6.07, 6.45) is -0.612. The van der Waals surface area contributed by atoms with Crippen LogP contribution in [0.2, 0.25) is 0 Å². The smallest absolute Gasteiger partial charge is 0.303 e. The van der Waals surface area contributed by atoms with Gasteiger partial charge in [-0.3, -0.25) is 9.59 Å². The van der Waals surface area contributed by atoms with Gasteiger partial charge in [0.2, 0.25) is 5.91 Å². The number of thioether (sulfide) groups is 1. The van der Waals surface area contributed by atoms with Crippen LogP contribution < -0.4 is 4.90 Å². The van der Waals surface area contributed by atoms with E-state index < -0.39 is 33.6 Å². The number of hydrogen-bond donors (Lipinski definition) is 1. The minimum Gasteiger partial charge on any atom is -0.481 e. The first kappa shape index (κ1) is 17.9. The van der Waals surface area contributed by atoms with Crippen LogP contribution in [0.3, 0.4) is 0 Å². The number of aliphatic imine (C=N–C) groups is 1. The molecule has 1 amide bonds. The van der Waals surface area contributed by atoms with Crippen LogP contribution in [-0.2, 0) is 19.4 Å². The summed E-state index contributed by atoms with van der Waals surface area (Å²) in [6, 6.07) is 5.38. The molecule has 0 aliphatic carbocycles. The van der Waals surface area contributed by atoms with Gasteiger partial charge in [-0.1, -0.05) is 23.9 Å². The molecule has 2 aliphatic rings. The Morgan fingerprint density at radius 1 is 1.28 bits per heavy atom. The Morgan fingerprint density at radius 2 is 2.00 bits per heavy atom. The van der Waals surface area contributed by atoms with Gasteiger partial charge in [-0.05, 0) is 12.1 Å². The molecular weight excluding hydrogens is 371 g/mol. The van der Waals surface area contributed by atoms with Gasteiger partial charge >= 0.3 is 5.97 Å². The maximum absolute atomic E-state index is 14.2. The van der Waals surface area contributed by atoms with Gasteiger partial charge < -0.3 is 10.0 Å². The number of carboxylic acids is 1. The molecule has 10 heteroatoms. The van der Waals surface area contributed by atoms with Crippen LogP contribution in [-0.4, -0.2) is 53.4 Å². The molecule has 2 aliphatic heterocycles. The molecule has 0 unspecified atom stereocenters. The first-order valence-electron chi connectivity index (χ1n) is 7.51. The quantitative estimate of drug-likeness (QED) is 0.831. The van der Waals surface area contributed by atoms with Crippen molar-refractivity contribution in [1.82, 2.24) is 0 Å². The van der Waals surface area contributed by atoms with Crippen molar-refractivity contribution in [1.29, 1.82) is 0 Å². The number of carbonyl (C=O) groups excluding carboxylic acids is 1. The Morgan fingerprint density at radius 3 is 2.68 bits per heavy atom. The molecule has 2 fully saturated rings. The minimum absolute atomic E-state index is 0.0599. The van der Waals surface area contributed by atoms with Crippen LogP contribution in [0, 0.1) is 5.82 Å². The third-order valence-corrected chi connectivity index (χ3v) is 7.16. The van der Waals surface area contributed by atoms with E-state index in [1.54, 1.807) is 6.07 Å². The van der Waals surface area contributed by atoms with Gasteiger partial charge in [0.15, 0.2) is 15.0 Å². The van der Waals surface area contributed by atoms with Crippen LogP contribution >= 0.6 is 11.8 Å². The first-order valence-corrected chi connectivity index (χ1v) is 10.2. The average Bonchev–Trinajstić information content (AvgIpc) is 2.97. The van der Waals surface area contributed by atoms with E-state index in [9.17, 15) is 22.4 Å². The molecule has 3 rings (SSSR count). The van der Waals surface area contributed by atoms with E-state index >= 15 is 0 Å². The zero-order chi connectivity index (χ0) is 18.2. The molecule has 0 bridgehead atoms. The van der Waals surface area contributed by atoms with E-state index in [2.05, 4.69) is 4.99 Å². The van der Waals surface area contributed by atoms with Gasteiger partial charge in [-0.25, -0.2) is 12.8 Å². The second-order valence-corrected chi connectivity index (χ2v) is 9.16. The Labute approximate surface area is 147 Å². The predicted molar refractivity (Wildman–Crippen MR) is 92.0 cm³/mol. The second kappa shape index (κ2) is 6.75. The highest BCUT2D eigenvalue weighted by atomic mass is 32.2. The minimum atomic E-state index is -3.24. The number of carboxylic acid groups (broad SMARTS) is 1. The number of benzene rings is 1. The van der Waals surface area contributed by atoms with Crippen molar-refractivity contribution in [2.45, 2.75) is 24.1 Å². The maximum Gasteiger partial charge on any atom is 0.303 e. The molecule has 1 aromatic carbocycles. The summed E-state index contributed by atoms with van der Waals surface area (Å²) in [7, 11) is -3.24. The van der Waals surface area contributed by atoms with Crippen LogP contribution in [0.4, 0.5) is 10.1 Å². The van der Waals surface area contributed by atoms with Gasteiger partial charge in [0.25, 0.3) is 0 Å². The zero-order valence-corrected chi connectivity index (χ0v) is 14.6. The van der Waals surface area contributed by atoms with E-state index in [1.807, 2.05) is 0 Å². The summed E-state index contributed by atoms with van der Waals surface area (Å²) in [5.41, 5.74) is 0.157. The predicted octanol–water partition coefficient (Wildman–Crippen LogP) is 1.29. The number of rotatable bonds is 4. The number of para-hydroxylation sites is 1. The molecule has 2 saturated heterocycles. The molecule has 0 radical (unpaired) electrons. The van der Waals surface area contributed by atoms with E-state index in [-0.39, 0.29) is 40.5 Å². The highest BCUT2D eigenvalue weighted by molar-refractivity contribution is 8.16. The molecule has 1 N–H and O–H groups in total. The fraction of sp³-hybridized carbons (Fsp3) is 0.400. The lowest BCUT2D eigenvalue weighted by Crippen LogP contribution is -2.38. The molecule has 134 valence electrons. The zero-order valence-electron chi connectivity index (χ0n) is 13.0. The largest absolute Gasteiger partial charge is 0.481 e. The lowest BCUT2D eigenvalue weighted by Gasteiger charge is -2.24. The molecule has 2 atom stereocenters. The van der Waals surface area contributed by atoms with Crippen molar-refractivity contribution < 1.29 is 27.5 Å². The SMILES string of the molecule is O=C(O)CCC(=O)N=C1S[C@H]2CS(=O)(=O)C[C@@H]2N1c1ccccc1F. The molecular formula is C15H15FN2O5S2. The fourth-order valence-corrected chi connectivity index (χ4v) is 6.79. The number of carbonyl (C=O) groups is 2. The molecule has 0 saturated carbocycles. The highest BCUT2D eigenvalue weighted by Gasteiger charge is 2.49. The molecule has 2 heterocycles. The fourth-order valence-electron chi connectivity index (χ4n) is 2.87. The van der Waals surface area contributed by atoms with E-state index in [0.29, 0.717) is 0 Å². The van der Waals surface area contributed by atoms with Crippen molar-refractivity contribution in [2.24, 2.45) is 4.99 Å². The average molecular weight is 386 g/mol. The lowest BCUT2D eigenvalue weighted by molar-refractivity contribution is -0.138. The first-order chi connectivity index (χ1) is 11.8. The summed E-state index contributed by atoms with van der Waals surface area (Å²) < 4.78 is 38.1. The molecule has 0 spiro atoms. The summed E-state index contributed by atoms with van der Waals surface area (Å²) in [5.74, 6) is -2.48. The summed E-state index contributed by atoms with van der Waals surface area (Å²) in [6.45, 7) is 0. The van der Waals surface area contributed by atoms with Gasteiger partial charge in [0, 0.05) is 11.7 Å². The Hall–Kier alpha value is -1.94. The third kappa shape index (κ3) is 3.84. The van der Waals surface area contributed by atoms with Crippen molar-refractivity contribution in [3.63, 3.8) is 0 Å². The van der Waals surface area contributed by atoms with Gasteiger partial charge in [-0.15, -0.1) is 0 Å². The van der Waals surface area contributed by atoms with Crippen molar-refractivity contribution in [2.75, 3.05) is 16.4 Å². The van der Waals surface area contributed by atoms with Crippen LogP contribution in [0.15, 0.2) is 29.3 Å². The van der Waals surface area contributed by atoms with E-state index in [0.717, 1.165) is 11.8 Å². The number of aliphatic carboxylic acids is 1. The summed E-state index contributed by atoms with van der Waals surface area (Å²) >= 11 is 1.12. The normalized spacial score (nSPS) is 26.0. The van der Waals surface area contributed by atoms with Crippen molar-refractivity contribution >= 4 is 44.3 Å². The number of sulfone groups is 1. The number of halogens is 1. The summed E-state index contributed by atoms with van der Waals surface area (Å²) in [4.78, 5) is 27.9. The Balaban J connectivity index is 1.94. The van der Waals surface area contributed by atoms with Crippen LogP contribution in [0.1, 0.15) is 12.8 Å². The number of amides is 1. The second-order valence-electron chi connectivity index (χ2n) is 5.80. The molecule has 7 nitrogen and oxygen atoms in total. The number of anilines is 1. The summed E-state index contributed by atoms with van der Waals surface area (Å²) in [5, 5.41) is 8.52. The standard InChI is InChI=1S/C15H15FN2O5S2/c16-9-3-1-2-4-10(9)18-11-7-25(22,23)8-12(11)24-15(18)17-13(19)5-6-14(20)21/h1-4,11-12H,5-8H2,(H,20,21)/t11-,12-/m0/s1. The van der Waals surface area contributed by atoms with Crippen LogP contribution in [0.25, 0.3) is 0 Å². The monoisotopic (exact) mass is 386 g/mol. The van der Waals surface area contributed by atoms with E-state index in [1.165, 1.54) is 23.1 Å². The molecule has 0 aromatic heterocycles. The maximum atomic E-state index is 14.2. The van der Waals surface area contributed by atoms with Gasteiger partial charge in [0.05, 0.1) is 29.7 Å². The topological polar surface area (TPSA) is 104 Å². The number of fused-ring (bicyclic) bond motifs is 1. The highest BCUT2D eigenvalue weighted by Crippen LogP contribution is 2.41. The third-order valence-electron chi connectivity index (χ3n) is 3.95. The Bertz CT molecular complexity index is 855. The van der Waals surface area contributed by atoms with Gasteiger partial charge in [0.1, 0.15) is 5.82 Å². The van der Waals surface area contributed by atoms with Crippen LogP contribution in [0.5, 0.6) is 0 Å².